The molecule has 4 rings (SSSR count). The lowest BCUT2D eigenvalue weighted by Gasteiger charge is -2.19. The van der Waals surface area contributed by atoms with Gasteiger partial charge in [-0.25, -0.2) is 0 Å². The molecule has 3 aromatic carbocycles. The fraction of sp³-hybridized carbons (Fsp3) is 0.400. The van der Waals surface area contributed by atoms with Gasteiger partial charge in [0.1, 0.15) is 19.0 Å². The zero-order valence-corrected chi connectivity index (χ0v) is 24.1. The Morgan fingerprint density at radius 1 is 0.625 bits per heavy atom. The van der Waals surface area contributed by atoms with Gasteiger partial charge in [-0.15, -0.1) is 0 Å². The van der Waals surface area contributed by atoms with Crippen molar-refractivity contribution >= 4 is 10.9 Å². The van der Waals surface area contributed by atoms with Gasteiger partial charge in [-0.05, 0) is 36.1 Å². The minimum absolute atomic E-state index is 0.149. The van der Waals surface area contributed by atoms with Crippen molar-refractivity contribution in [1.82, 2.24) is 4.57 Å². The van der Waals surface area contributed by atoms with Crippen LogP contribution in [0.4, 0.5) is 0 Å². The molecule has 0 aliphatic rings. The van der Waals surface area contributed by atoms with E-state index < -0.39 is 0 Å². The van der Waals surface area contributed by atoms with Crippen molar-refractivity contribution in [2.24, 2.45) is 0 Å². The number of benzene rings is 3. The summed E-state index contributed by atoms with van der Waals surface area (Å²) in [7, 11) is 0. The molecule has 0 spiro atoms. The number of hydrogen-bond acceptors (Lipinski definition) is 4. The zero-order valence-electron chi connectivity index (χ0n) is 24.1. The average molecular weight is 542 g/mol. The van der Waals surface area contributed by atoms with Gasteiger partial charge in [0.05, 0.1) is 12.1 Å². The highest BCUT2D eigenvalue weighted by atomic mass is 16.5. The molecule has 1 heterocycles. The predicted molar refractivity (Wildman–Crippen MR) is 164 cm³/mol. The van der Waals surface area contributed by atoms with Crippen molar-refractivity contribution in [3.05, 3.63) is 100 Å². The third kappa shape index (κ3) is 8.14. The molecule has 0 radical (unpaired) electrons. The molecule has 0 atom stereocenters. The first-order valence-corrected chi connectivity index (χ1v) is 14.9. The summed E-state index contributed by atoms with van der Waals surface area (Å²) in [4.78, 5) is 14.0. The summed E-state index contributed by atoms with van der Waals surface area (Å²) >= 11 is 0. The predicted octanol–water partition coefficient (Wildman–Crippen LogP) is 8.70. The lowest BCUT2D eigenvalue weighted by Crippen LogP contribution is -2.24. The smallest absolute Gasteiger partial charge is 0.297 e. The number of aryl methyl sites for hydroxylation is 1. The van der Waals surface area contributed by atoms with Crippen molar-refractivity contribution in [1.29, 1.82) is 0 Å². The van der Waals surface area contributed by atoms with Gasteiger partial charge in [0.2, 0.25) is 5.75 Å². The maximum absolute atomic E-state index is 14.0. The maximum Gasteiger partial charge on any atom is 0.297 e. The Labute approximate surface area is 238 Å². The van der Waals surface area contributed by atoms with E-state index in [0.29, 0.717) is 32.1 Å². The highest BCUT2D eigenvalue weighted by Crippen LogP contribution is 2.36. The molecule has 5 heteroatoms. The quantitative estimate of drug-likeness (QED) is 0.125. The third-order valence-corrected chi connectivity index (χ3v) is 7.10. The van der Waals surface area contributed by atoms with Gasteiger partial charge >= 0.3 is 0 Å². The first kappa shape index (κ1) is 29.3. The normalized spacial score (nSPS) is 11.1. The molecule has 0 fully saturated rings. The first-order chi connectivity index (χ1) is 19.7. The molecule has 0 saturated carbocycles. The Morgan fingerprint density at radius 3 is 1.93 bits per heavy atom. The molecule has 0 N–H and O–H groups in total. The molecule has 5 nitrogen and oxygen atoms in total. The molecule has 212 valence electrons. The molecular formula is C35H43NO4. The van der Waals surface area contributed by atoms with Crippen LogP contribution in [0.1, 0.15) is 76.3 Å². The highest BCUT2D eigenvalue weighted by molar-refractivity contribution is 5.89. The molecular weight excluding hydrogens is 498 g/mol. The minimum atomic E-state index is -0.149. The number of rotatable bonds is 17. The summed E-state index contributed by atoms with van der Waals surface area (Å²) in [5.41, 5.74) is 2.78. The summed E-state index contributed by atoms with van der Waals surface area (Å²) in [5.74, 6) is 1.54. The second kappa shape index (κ2) is 15.8. The van der Waals surface area contributed by atoms with E-state index in [9.17, 15) is 4.79 Å². The van der Waals surface area contributed by atoms with Crippen LogP contribution in [0.15, 0.2) is 83.7 Å². The largest absolute Gasteiger partial charge is 0.489 e. The van der Waals surface area contributed by atoms with Gasteiger partial charge in [0, 0.05) is 18.0 Å². The molecule has 0 saturated heterocycles. The van der Waals surface area contributed by atoms with E-state index in [1.807, 2.05) is 83.4 Å². The zero-order chi connectivity index (χ0) is 28.0. The second-order valence-electron chi connectivity index (χ2n) is 10.3. The lowest BCUT2D eigenvalue weighted by molar-refractivity contribution is 0.256. The SMILES string of the molecule is CCCCCCCCn1c(=O)c(OCc2ccccc2)c(OCCCC)c2ccc(OCc3ccccc3)cc21. The fourth-order valence-corrected chi connectivity index (χ4v) is 4.80. The molecule has 40 heavy (non-hydrogen) atoms. The maximum atomic E-state index is 14.0. The van der Waals surface area contributed by atoms with Gasteiger partial charge in [-0.2, -0.15) is 0 Å². The Hall–Kier alpha value is -3.73. The van der Waals surface area contributed by atoms with Crippen LogP contribution in [-0.4, -0.2) is 11.2 Å². The number of nitrogens with zero attached hydrogens (tertiary/aromatic N) is 1. The Balaban J connectivity index is 1.70. The van der Waals surface area contributed by atoms with Crippen LogP contribution < -0.4 is 19.8 Å². The second-order valence-corrected chi connectivity index (χ2v) is 10.3. The number of pyridine rings is 1. The monoisotopic (exact) mass is 541 g/mol. The van der Waals surface area contributed by atoms with Crippen LogP contribution in [0.3, 0.4) is 0 Å². The summed E-state index contributed by atoms with van der Waals surface area (Å²) in [6.45, 7) is 6.28. The van der Waals surface area contributed by atoms with Crippen LogP contribution in [0.5, 0.6) is 17.2 Å². The summed E-state index contributed by atoms with van der Waals surface area (Å²) in [5, 5.41) is 0.872. The van der Waals surface area contributed by atoms with Gasteiger partial charge < -0.3 is 18.8 Å². The fourth-order valence-electron chi connectivity index (χ4n) is 4.80. The van der Waals surface area contributed by atoms with E-state index in [0.717, 1.165) is 53.5 Å². The standard InChI is InChI=1S/C35H43NO4/c1-3-5-7-8-9-16-23-36-32-25-30(39-26-28-17-12-10-13-18-28)21-22-31(32)33(38-24-6-4-2)34(35(36)37)40-27-29-19-14-11-15-20-29/h10-15,17-22,25H,3-9,16,23-24,26-27H2,1-2H3. The van der Waals surface area contributed by atoms with Crippen molar-refractivity contribution in [2.75, 3.05) is 6.61 Å². The third-order valence-electron chi connectivity index (χ3n) is 7.10. The van der Waals surface area contributed by atoms with E-state index >= 15 is 0 Å². The Morgan fingerprint density at radius 2 is 1.25 bits per heavy atom. The van der Waals surface area contributed by atoms with Crippen molar-refractivity contribution < 1.29 is 14.2 Å². The van der Waals surface area contributed by atoms with Gasteiger partial charge in [-0.1, -0.05) is 113 Å². The molecule has 0 aliphatic carbocycles. The summed E-state index contributed by atoms with van der Waals surface area (Å²) < 4.78 is 20.5. The number of fused-ring (bicyclic) bond motifs is 1. The van der Waals surface area contributed by atoms with E-state index in [-0.39, 0.29) is 11.3 Å². The molecule has 0 bridgehead atoms. The molecule has 0 amide bonds. The Kier molecular flexibility index (Phi) is 11.5. The molecule has 0 aliphatic heterocycles. The van der Waals surface area contributed by atoms with E-state index in [4.69, 9.17) is 14.2 Å². The summed E-state index contributed by atoms with van der Waals surface area (Å²) in [6.07, 6.45) is 8.82. The van der Waals surface area contributed by atoms with Gasteiger partial charge in [0.25, 0.3) is 5.56 Å². The number of unbranched alkanes of at least 4 members (excludes halogenated alkanes) is 6. The van der Waals surface area contributed by atoms with Crippen LogP contribution in [0, 0.1) is 0 Å². The summed E-state index contributed by atoms with van der Waals surface area (Å²) in [6, 6.07) is 26.0. The lowest BCUT2D eigenvalue weighted by atomic mass is 10.1. The topological polar surface area (TPSA) is 49.7 Å². The Bertz CT molecular complexity index is 1370. The highest BCUT2D eigenvalue weighted by Gasteiger charge is 2.21. The number of aromatic nitrogens is 1. The van der Waals surface area contributed by atoms with Crippen LogP contribution in [0.25, 0.3) is 10.9 Å². The van der Waals surface area contributed by atoms with E-state index in [2.05, 4.69) is 13.8 Å². The van der Waals surface area contributed by atoms with E-state index in [1.54, 1.807) is 0 Å². The average Bonchev–Trinajstić information content (AvgIpc) is 2.99. The minimum Gasteiger partial charge on any atom is -0.489 e. The first-order valence-electron chi connectivity index (χ1n) is 14.9. The van der Waals surface area contributed by atoms with Gasteiger partial charge in [-0.3, -0.25) is 4.79 Å². The van der Waals surface area contributed by atoms with Gasteiger partial charge in [0.15, 0.2) is 5.75 Å². The van der Waals surface area contributed by atoms with Crippen LogP contribution >= 0.6 is 0 Å². The van der Waals surface area contributed by atoms with Crippen LogP contribution in [0.2, 0.25) is 0 Å². The van der Waals surface area contributed by atoms with Crippen molar-refractivity contribution in [3.8, 4) is 17.2 Å². The molecule has 4 aromatic rings. The molecule has 1 aromatic heterocycles. The van der Waals surface area contributed by atoms with E-state index in [1.165, 1.54) is 25.7 Å². The number of hydrogen-bond donors (Lipinski definition) is 0. The van der Waals surface area contributed by atoms with Crippen molar-refractivity contribution in [3.63, 3.8) is 0 Å². The van der Waals surface area contributed by atoms with Crippen LogP contribution in [-0.2, 0) is 19.8 Å². The number of ether oxygens (including phenoxy) is 3. The molecule has 0 unspecified atom stereocenters. The van der Waals surface area contributed by atoms with Crippen molar-refractivity contribution in [2.45, 2.75) is 85.0 Å².